The van der Waals surface area contributed by atoms with E-state index in [1.807, 2.05) is 63.2 Å². The van der Waals surface area contributed by atoms with E-state index in [9.17, 15) is 19.5 Å². The van der Waals surface area contributed by atoms with Crippen molar-refractivity contribution in [1.29, 1.82) is 0 Å². The third-order valence-electron chi connectivity index (χ3n) is 9.20. The smallest absolute Gasteiger partial charge is 0.251 e. The molecule has 0 aromatic heterocycles. The van der Waals surface area contributed by atoms with Gasteiger partial charge in [-0.3, -0.25) is 14.4 Å². The summed E-state index contributed by atoms with van der Waals surface area (Å²) in [5.41, 5.74) is 3.46. The van der Waals surface area contributed by atoms with Crippen molar-refractivity contribution >= 4 is 40.9 Å². The Bertz CT molecular complexity index is 1410. The lowest BCUT2D eigenvalue weighted by Gasteiger charge is -2.38. The molecule has 5 atom stereocenters. The summed E-state index contributed by atoms with van der Waals surface area (Å²) in [6.45, 7) is 15.0. The minimum Gasteiger partial charge on any atom is -0.494 e. The number of carbonyl (C=O) groups excluding carboxylic acids is 3. The molecule has 3 amide bonds. The van der Waals surface area contributed by atoms with Gasteiger partial charge in [0.25, 0.3) is 5.91 Å². The number of fused-ring (bicyclic) bond motifs is 1. The molecule has 2 aromatic carbocycles. The van der Waals surface area contributed by atoms with E-state index < -0.39 is 22.6 Å². The molecule has 234 valence electrons. The fourth-order valence-electron chi connectivity index (χ4n) is 7.52. The maximum absolute atomic E-state index is 14.8. The number of benzene rings is 2. The molecule has 1 spiro atoms. The summed E-state index contributed by atoms with van der Waals surface area (Å²) in [6.07, 6.45) is 5.18. The van der Waals surface area contributed by atoms with Gasteiger partial charge in [-0.15, -0.1) is 24.9 Å². The van der Waals surface area contributed by atoms with Gasteiger partial charge in [-0.1, -0.05) is 30.4 Å². The zero-order chi connectivity index (χ0) is 31.6. The second-order valence-corrected chi connectivity index (χ2v) is 13.4. The predicted octanol–water partition coefficient (Wildman–Crippen LogP) is 4.91. The monoisotopic (exact) mass is 617 g/mol. The first-order chi connectivity index (χ1) is 21.2. The van der Waals surface area contributed by atoms with E-state index in [1.165, 1.54) is 0 Å². The molecular weight excluding hydrogens is 574 g/mol. The van der Waals surface area contributed by atoms with Crippen molar-refractivity contribution in [1.82, 2.24) is 4.90 Å². The van der Waals surface area contributed by atoms with Gasteiger partial charge in [0.05, 0.1) is 23.2 Å². The van der Waals surface area contributed by atoms with Gasteiger partial charge in [0.2, 0.25) is 11.8 Å². The van der Waals surface area contributed by atoms with Crippen molar-refractivity contribution < 1.29 is 24.2 Å². The van der Waals surface area contributed by atoms with Gasteiger partial charge in [-0.2, -0.15) is 0 Å². The molecule has 3 aliphatic rings. The molecule has 3 fully saturated rings. The Morgan fingerprint density at radius 3 is 2.34 bits per heavy atom. The van der Waals surface area contributed by atoms with Crippen LogP contribution in [0.25, 0.3) is 0 Å². The highest BCUT2D eigenvalue weighted by Crippen LogP contribution is 2.67. The molecule has 3 heterocycles. The molecule has 3 saturated heterocycles. The minimum absolute atomic E-state index is 0.0743. The molecule has 8 nitrogen and oxygen atoms in total. The third-order valence-corrected chi connectivity index (χ3v) is 11.2. The number of aliphatic hydroxyl groups is 1. The molecule has 0 radical (unpaired) electrons. The van der Waals surface area contributed by atoms with Crippen LogP contribution in [-0.4, -0.2) is 76.6 Å². The number of hydrogen-bond acceptors (Lipinski definition) is 6. The van der Waals surface area contributed by atoms with Gasteiger partial charge in [0.15, 0.2) is 0 Å². The first-order valence-corrected chi connectivity index (χ1v) is 16.3. The lowest BCUT2D eigenvalue weighted by Crippen LogP contribution is -2.55. The molecule has 0 saturated carbocycles. The number of anilines is 2. The summed E-state index contributed by atoms with van der Waals surface area (Å²) < 4.78 is 4.86. The number of aliphatic hydroxyl groups excluding tert-OH is 1. The average Bonchev–Trinajstić information content (AvgIpc) is 3.65. The zero-order valence-electron chi connectivity index (χ0n) is 25.9. The first kappa shape index (κ1) is 31.9. The fraction of sp³-hybridized carbons (Fsp3) is 0.457. The number of carbonyl (C=O) groups is 3. The molecule has 5 rings (SSSR count). The maximum Gasteiger partial charge on any atom is 0.251 e. The van der Waals surface area contributed by atoms with Crippen LogP contribution in [0.5, 0.6) is 5.75 Å². The van der Waals surface area contributed by atoms with Crippen molar-refractivity contribution in [3.05, 3.63) is 78.9 Å². The molecule has 3 aliphatic heterocycles. The van der Waals surface area contributed by atoms with E-state index >= 15 is 0 Å². The van der Waals surface area contributed by atoms with Gasteiger partial charge in [0, 0.05) is 42.9 Å². The van der Waals surface area contributed by atoms with Crippen LogP contribution >= 0.6 is 11.8 Å². The van der Waals surface area contributed by atoms with Gasteiger partial charge >= 0.3 is 0 Å². The number of rotatable bonds is 13. The maximum atomic E-state index is 14.8. The van der Waals surface area contributed by atoms with Gasteiger partial charge in [-0.05, 0) is 75.4 Å². The van der Waals surface area contributed by atoms with Crippen molar-refractivity contribution in [2.45, 2.75) is 56.1 Å². The summed E-state index contributed by atoms with van der Waals surface area (Å²) in [5, 5.41) is 9.66. The van der Waals surface area contributed by atoms with Crippen molar-refractivity contribution in [2.75, 3.05) is 42.6 Å². The van der Waals surface area contributed by atoms with Crippen LogP contribution < -0.4 is 14.5 Å². The van der Waals surface area contributed by atoms with E-state index in [0.29, 0.717) is 38.2 Å². The molecule has 1 N–H and O–H groups in total. The molecule has 0 aliphatic carbocycles. The number of thioether (sulfide) groups is 1. The number of hydrogen-bond donors (Lipinski definition) is 1. The highest BCUT2D eigenvalue weighted by molar-refractivity contribution is 8.02. The molecule has 9 heteroatoms. The third kappa shape index (κ3) is 5.34. The second kappa shape index (κ2) is 13.2. The number of aryl methyl sites for hydroxylation is 2. The van der Waals surface area contributed by atoms with Crippen LogP contribution in [0.15, 0.2) is 67.8 Å². The Hall–Kier alpha value is -3.56. The van der Waals surface area contributed by atoms with Crippen LogP contribution in [0, 0.1) is 25.7 Å². The number of nitrogens with zero attached hydrogens (tertiary/aromatic N) is 3. The van der Waals surface area contributed by atoms with Crippen LogP contribution in [0.1, 0.15) is 37.3 Å². The second-order valence-electron chi connectivity index (χ2n) is 11.8. The van der Waals surface area contributed by atoms with E-state index in [1.54, 1.807) is 38.6 Å². The van der Waals surface area contributed by atoms with E-state index in [4.69, 9.17) is 4.74 Å². The average molecular weight is 618 g/mol. The summed E-state index contributed by atoms with van der Waals surface area (Å²) in [5.74, 6) is -0.946. The molecule has 2 bridgehead atoms. The fourth-order valence-corrected chi connectivity index (χ4v) is 9.72. The Kier molecular flexibility index (Phi) is 9.56. The summed E-state index contributed by atoms with van der Waals surface area (Å²) in [7, 11) is 0. The number of para-hydroxylation sites is 1. The first-order valence-electron chi connectivity index (χ1n) is 15.5. The van der Waals surface area contributed by atoms with E-state index in [0.717, 1.165) is 29.0 Å². The van der Waals surface area contributed by atoms with Crippen LogP contribution in [0.3, 0.4) is 0 Å². The standard InChI is InChI=1S/C35H43N3O5S/c1-6-19-36(25-13-15-26(16-14-25)43-8-3)32(40)28-27-17-18-35(44-27)29(28)33(41)38(21-10-22-39)31(35)34(42)37(20-7-2)30-23(4)11-9-12-24(30)5/h6-7,9,11-16,27-29,31,39H,1-2,8,10,17-22H2,3-5H3/t27-,28+,29-,31?,35?/m0/s1. The summed E-state index contributed by atoms with van der Waals surface area (Å²) in [4.78, 5) is 48.8. The van der Waals surface area contributed by atoms with Crippen LogP contribution in [0.2, 0.25) is 0 Å². The van der Waals surface area contributed by atoms with Gasteiger partial charge < -0.3 is 24.5 Å². The van der Waals surface area contributed by atoms with E-state index in [2.05, 4.69) is 13.2 Å². The summed E-state index contributed by atoms with van der Waals surface area (Å²) in [6, 6.07) is 12.6. The lowest BCUT2D eigenvalue weighted by atomic mass is 9.70. The van der Waals surface area contributed by atoms with E-state index in [-0.39, 0.29) is 36.1 Å². The number of ether oxygens (including phenoxy) is 1. The normalized spacial score (nSPS) is 25.1. The van der Waals surface area contributed by atoms with Crippen LogP contribution in [0.4, 0.5) is 11.4 Å². The van der Waals surface area contributed by atoms with Gasteiger partial charge in [0.1, 0.15) is 11.8 Å². The molecule has 2 unspecified atom stereocenters. The molecular formula is C35H43N3O5S. The topological polar surface area (TPSA) is 90.4 Å². The number of amides is 3. The Balaban J connectivity index is 1.54. The summed E-state index contributed by atoms with van der Waals surface area (Å²) >= 11 is 1.65. The Morgan fingerprint density at radius 1 is 1.07 bits per heavy atom. The van der Waals surface area contributed by atoms with Crippen molar-refractivity contribution in [2.24, 2.45) is 11.8 Å². The largest absolute Gasteiger partial charge is 0.494 e. The SMILES string of the molecule is C=CCN(C(=O)[C@@H]1[C@@H]2CCC3(S2)C(C(=O)N(CC=C)c2c(C)cccc2C)N(CCCO)C(=O)[C@H]13)c1ccc(OCC)cc1. The molecule has 2 aromatic rings. The minimum atomic E-state index is -0.753. The quantitative estimate of drug-likeness (QED) is 0.321. The number of likely N-dealkylation sites (tertiary alicyclic amines) is 1. The highest BCUT2D eigenvalue weighted by Gasteiger charge is 2.74. The van der Waals surface area contributed by atoms with Gasteiger partial charge in [-0.25, -0.2) is 0 Å². The highest BCUT2D eigenvalue weighted by atomic mass is 32.2. The van der Waals surface area contributed by atoms with Crippen LogP contribution in [-0.2, 0) is 14.4 Å². The molecule has 44 heavy (non-hydrogen) atoms. The predicted molar refractivity (Wildman–Crippen MR) is 176 cm³/mol. The van der Waals surface area contributed by atoms with Crippen molar-refractivity contribution in [3.8, 4) is 5.75 Å². The lowest BCUT2D eigenvalue weighted by molar-refractivity contribution is -0.139. The Morgan fingerprint density at radius 2 is 1.73 bits per heavy atom. The Labute approximate surface area is 264 Å². The van der Waals surface area contributed by atoms with Crippen molar-refractivity contribution in [3.63, 3.8) is 0 Å². The zero-order valence-corrected chi connectivity index (χ0v) is 26.7.